The molecule has 1 unspecified atom stereocenters. The zero-order chi connectivity index (χ0) is 20.8. The highest BCUT2D eigenvalue weighted by Gasteiger charge is 2.27. The highest BCUT2D eigenvalue weighted by Crippen LogP contribution is 2.26. The Labute approximate surface area is 173 Å². The molecule has 2 aromatic carbocycles. The minimum atomic E-state index is -0.567. The molecule has 1 heterocycles. The van der Waals surface area contributed by atoms with Crippen molar-refractivity contribution in [2.75, 3.05) is 18.4 Å². The molecule has 2 amide bonds. The van der Waals surface area contributed by atoms with E-state index in [1.807, 2.05) is 30.3 Å². The molecule has 8 heteroatoms. The van der Waals surface area contributed by atoms with E-state index in [2.05, 4.69) is 5.32 Å². The largest absolute Gasteiger partial charge is 0.338 e. The number of nitro benzene ring substituents is 1. The van der Waals surface area contributed by atoms with Gasteiger partial charge < -0.3 is 10.2 Å². The van der Waals surface area contributed by atoms with Gasteiger partial charge in [0.2, 0.25) is 11.8 Å². The van der Waals surface area contributed by atoms with Gasteiger partial charge in [0.05, 0.1) is 10.8 Å². The first-order chi connectivity index (χ1) is 13.9. The zero-order valence-electron chi connectivity index (χ0n) is 15.6. The fourth-order valence-electron chi connectivity index (χ4n) is 3.20. The molecule has 3 rings (SSSR count). The summed E-state index contributed by atoms with van der Waals surface area (Å²) in [6.45, 7) is 0.904. The Hall–Kier alpha value is -3.19. The molecule has 0 bridgehead atoms. The van der Waals surface area contributed by atoms with Crippen molar-refractivity contribution in [3.05, 3.63) is 75.3 Å². The maximum Gasteiger partial charge on any atom is 0.288 e. The fourth-order valence-corrected chi connectivity index (χ4v) is 3.39. The van der Waals surface area contributed by atoms with Crippen LogP contribution in [0.15, 0.2) is 54.6 Å². The summed E-state index contributed by atoms with van der Waals surface area (Å²) in [7, 11) is 0. The second kappa shape index (κ2) is 9.34. The number of hydrogen-bond donors (Lipinski definition) is 1. The topological polar surface area (TPSA) is 92.6 Å². The molecule has 1 N–H and O–H groups in total. The molecule has 7 nitrogen and oxygen atoms in total. The lowest BCUT2D eigenvalue weighted by atomic mass is 9.97. The van der Waals surface area contributed by atoms with Crippen molar-refractivity contribution in [2.24, 2.45) is 5.92 Å². The Balaban J connectivity index is 1.62. The van der Waals surface area contributed by atoms with Crippen LogP contribution in [0.25, 0.3) is 6.08 Å². The number of para-hydroxylation sites is 1. The Morgan fingerprint density at radius 1 is 1.21 bits per heavy atom. The number of rotatable bonds is 5. The molecular weight excluding hydrogens is 394 g/mol. The van der Waals surface area contributed by atoms with Crippen molar-refractivity contribution < 1.29 is 14.5 Å². The van der Waals surface area contributed by atoms with Crippen LogP contribution >= 0.6 is 11.6 Å². The van der Waals surface area contributed by atoms with Crippen LogP contribution in [0.4, 0.5) is 11.4 Å². The van der Waals surface area contributed by atoms with Crippen LogP contribution in [0.5, 0.6) is 0 Å². The molecule has 1 aliphatic heterocycles. The van der Waals surface area contributed by atoms with Crippen LogP contribution < -0.4 is 5.32 Å². The Morgan fingerprint density at radius 3 is 2.69 bits per heavy atom. The van der Waals surface area contributed by atoms with E-state index in [1.165, 1.54) is 24.3 Å². The van der Waals surface area contributed by atoms with E-state index in [4.69, 9.17) is 11.6 Å². The van der Waals surface area contributed by atoms with Crippen molar-refractivity contribution in [3.63, 3.8) is 0 Å². The summed E-state index contributed by atoms with van der Waals surface area (Å²) >= 11 is 5.80. The van der Waals surface area contributed by atoms with Gasteiger partial charge in [-0.3, -0.25) is 19.7 Å². The summed E-state index contributed by atoms with van der Waals surface area (Å²) in [6.07, 6.45) is 4.33. The minimum absolute atomic E-state index is 0.0433. The maximum atomic E-state index is 12.5. The first-order valence-electron chi connectivity index (χ1n) is 9.21. The molecule has 0 aromatic heterocycles. The lowest BCUT2D eigenvalue weighted by Crippen LogP contribution is -2.43. The van der Waals surface area contributed by atoms with Gasteiger partial charge in [-0.15, -0.1) is 0 Å². The third-order valence-electron chi connectivity index (χ3n) is 4.73. The number of benzene rings is 2. The molecular formula is C21H20ClN3O4. The number of carbonyl (C=O) groups is 2. The maximum absolute atomic E-state index is 12.5. The van der Waals surface area contributed by atoms with Crippen LogP contribution in [0, 0.1) is 16.0 Å². The van der Waals surface area contributed by atoms with Crippen LogP contribution in [0.1, 0.15) is 18.4 Å². The Bertz CT molecular complexity index is 946. The van der Waals surface area contributed by atoms with Crippen molar-refractivity contribution in [3.8, 4) is 0 Å². The number of likely N-dealkylation sites (tertiary alicyclic amines) is 1. The average molecular weight is 414 g/mol. The zero-order valence-corrected chi connectivity index (χ0v) is 16.3. The number of nitrogens with one attached hydrogen (secondary N) is 1. The summed E-state index contributed by atoms with van der Waals surface area (Å²) in [6, 6.07) is 13.5. The van der Waals surface area contributed by atoms with Crippen molar-refractivity contribution in [1.29, 1.82) is 0 Å². The summed E-state index contributed by atoms with van der Waals surface area (Å²) < 4.78 is 0. The Morgan fingerprint density at radius 2 is 1.97 bits per heavy atom. The first kappa shape index (κ1) is 20.5. The minimum Gasteiger partial charge on any atom is -0.338 e. The molecule has 29 heavy (non-hydrogen) atoms. The number of nitrogens with zero attached hydrogens (tertiary/aromatic N) is 2. The quantitative estimate of drug-likeness (QED) is 0.453. The number of carbonyl (C=O) groups excluding carboxylic acids is 2. The van der Waals surface area contributed by atoms with Gasteiger partial charge in [-0.2, -0.15) is 0 Å². The number of hydrogen-bond acceptors (Lipinski definition) is 4. The lowest BCUT2D eigenvalue weighted by molar-refractivity contribution is -0.384. The van der Waals surface area contributed by atoms with Gasteiger partial charge in [0.15, 0.2) is 0 Å². The molecule has 150 valence electrons. The number of halogens is 1. The normalized spacial score (nSPS) is 16.6. The molecule has 0 aliphatic carbocycles. The van der Waals surface area contributed by atoms with Crippen molar-refractivity contribution >= 4 is 40.9 Å². The third-order valence-corrected chi connectivity index (χ3v) is 5.05. The standard InChI is InChI=1S/C21H20ClN3O4/c22-18-10-8-15(13-19(18)25(28)29)9-11-20(26)24-12-4-5-16(14-24)21(27)23-17-6-2-1-3-7-17/h1-3,6-11,13,16H,4-5,12,14H2,(H,23,27). The lowest BCUT2D eigenvalue weighted by Gasteiger charge is -2.31. The molecule has 1 saturated heterocycles. The average Bonchev–Trinajstić information content (AvgIpc) is 2.73. The summed E-state index contributed by atoms with van der Waals surface area (Å²) in [5, 5.41) is 13.9. The van der Waals surface area contributed by atoms with Crippen molar-refractivity contribution in [2.45, 2.75) is 12.8 Å². The van der Waals surface area contributed by atoms with Gasteiger partial charge >= 0.3 is 0 Å². The molecule has 0 spiro atoms. The van der Waals surface area contributed by atoms with Gasteiger partial charge in [-0.05, 0) is 42.7 Å². The summed E-state index contributed by atoms with van der Waals surface area (Å²) in [5.74, 6) is -0.622. The van der Waals surface area contributed by atoms with Gasteiger partial charge in [0, 0.05) is 30.9 Å². The smallest absolute Gasteiger partial charge is 0.288 e. The number of anilines is 1. The molecule has 1 fully saturated rings. The fraction of sp³-hybridized carbons (Fsp3) is 0.238. The second-order valence-electron chi connectivity index (χ2n) is 6.78. The predicted octanol–water partition coefficient (Wildman–Crippen LogP) is 4.14. The predicted molar refractivity (Wildman–Crippen MR) is 112 cm³/mol. The third kappa shape index (κ3) is 5.42. The van der Waals surface area contributed by atoms with Gasteiger partial charge in [0.1, 0.15) is 5.02 Å². The van der Waals surface area contributed by atoms with E-state index in [0.717, 1.165) is 18.5 Å². The van der Waals surface area contributed by atoms with Gasteiger partial charge in [-0.25, -0.2) is 0 Å². The first-order valence-corrected chi connectivity index (χ1v) is 9.58. The van der Waals surface area contributed by atoms with E-state index in [0.29, 0.717) is 18.7 Å². The highest BCUT2D eigenvalue weighted by molar-refractivity contribution is 6.32. The van der Waals surface area contributed by atoms with Gasteiger partial charge in [0.25, 0.3) is 5.69 Å². The van der Waals surface area contributed by atoms with E-state index >= 15 is 0 Å². The van der Waals surface area contributed by atoms with E-state index in [-0.39, 0.29) is 28.4 Å². The number of amides is 2. The number of piperidine rings is 1. The van der Waals surface area contributed by atoms with Crippen LogP contribution in [0.3, 0.4) is 0 Å². The van der Waals surface area contributed by atoms with E-state index < -0.39 is 4.92 Å². The van der Waals surface area contributed by atoms with Crippen LogP contribution in [-0.4, -0.2) is 34.7 Å². The highest BCUT2D eigenvalue weighted by atomic mass is 35.5. The summed E-state index contributed by atoms with van der Waals surface area (Å²) in [5.41, 5.74) is 1.02. The van der Waals surface area contributed by atoms with Crippen molar-refractivity contribution in [1.82, 2.24) is 4.90 Å². The van der Waals surface area contributed by atoms with Crippen LogP contribution in [0.2, 0.25) is 5.02 Å². The Kier molecular flexibility index (Phi) is 6.61. The van der Waals surface area contributed by atoms with E-state index in [1.54, 1.807) is 11.0 Å². The van der Waals surface area contributed by atoms with Crippen LogP contribution in [-0.2, 0) is 9.59 Å². The SMILES string of the molecule is O=C(Nc1ccccc1)C1CCCN(C(=O)C=Cc2ccc(Cl)c([N+](=O)[O-])c2)C1. The molecule has 0 saturated carbocycles. The molecule has 0 radical (unpaired) electrons. The second-order valence-corrected chi connectivity index (χ2v) is 7.19. The molecule has 1 atom stereocenters. The van der Waals surface area contributed by atoms with Gasteiger partial charge in [-0.1, -0.05) is 35.9 Å². The molecule has 2 aromatic rings. The van der Waals surface area contributed by atoms with E-state index in [9.17, 15) is 19.7 Å². The summed E-state index contributed by atoms with van der Waals surface area (Å²) in [4.78, 5) is 37.1. The monoisotopic (exact) mass is 413 g/mol. The number of nitro groups is 1. The molecule has 1 aliphatic rings.